The van der Waals surface area contributed by atoms with E-state index in [2.05, 4.69) is 4.98 Å². The van der Waals surface area contributed by atoms with Crippen LogP contribution < -0.4 is 4.74 Å². The standard InChI is InChI=1S/C15H11ClF2N2O/c1-21-14-7-13-11(6-10(14)18)19-15(8-16)20(13)12-5-3-2-4-9(12)17/h2-7H,8H2,1H3. The van der Waals surface area contributed by atoms with Crippen LogP contribution in [-0.2, 0) is 5.88 Å². The van der Waals surface area contributed by atoms with E-state index in [1.807, 2.05) is 0 Å². The first-order valence-corrected chi connectivity index (χ1v) is 6.75. The predicted molar refractivity (Wildman–Crippen MR) is 77.1 cm³/mol. The minimum absolute atomic E-state index is 0.0705. The lowest BCUT2D eigenvalue weighted by molar-refractivity contribution is 0.387. The summed E-state index contributed by atoms with van der Waals surface area (Å²) in [4.78, 5) is 4.25. The van der Waals surface area contributed by atoms with Gasteiger partial charge < -0.3 is 4.74 Å². The number of imidazole rings is 1. The van der Waals surface area contributed by atoms with Crippen LogP contribution in [0.2, 0.25) is 0 Å². The van der Waals surface area contributed by atoms with Crippen molar-refractivity contribution < 1.29 is 13.5 Å². The summed E-state index contributed by atoms with van der Waals surface area (Å²) in [5.74, 6) is -0.353. The van der Waals surface area contributed by atoms with Gasteiger partial charge in [0.1, 0.15) is 11.6 Å². The third kappa shape index (κ3) is 2.23. The second kappa shape index (κ2) is 5.33. The quantitative estimate of drug-likeness (QED) is 0.683. The minimum Gasteiger partial charge on any atom is -0.494 e. The number of hydrogen-bond acceptors (Lipinski definition) is 2. The molecule has 21 heavy (non-hydrogen) atoms. The van der Waals surface area contributed by atoms with E-state index in [9.17, 15) is 8.78 Å². The van der Waals surface area contributed by atoms with Crippen LogP contribution >= 0.6 is 11.6 Å². The maximum atomic E-state index is 14.1. The fourth-order valence-electron chi connectivity index (χ4n) is 2.28. The number of rotatable bonds is 3. The molecule has 0 N–H and O–H groups in total. The van der Waals surface area contributed by atoms with Gasteiger partial charge in [-0.2, -0.15) is 0 Å². The van der Waals surface area contributed by atoms with Gasteiger partial charge in [0.05, 0.1) is 29.7 Å². The summed E-state index contributed by atoms with van der Waals surface area (Å²) in [6, 6.07) is 9.01. The molecule has 0 amide bonds. The molecule has 0 spiro atoms. The molecule has 0 saturated heterocycles. The largest absolute Gasteiger partial charge is 0.494 e. The van der Waals surface area contributed by atoms with Gasteiger partial charge in [-0.25, -0.2) is 13.8 Å². The van der Waals surface area contributed by atoms with Crippen molar-refractivity contribution in [3.05, 3.63) is 53.9 Å². The SMILES string of the molecule is COc1cc2c(cc1F)nc(CCl)n2-c1ccccc1F. The normalized spacial score (nSPS) is 11.0. The Hall–Kier alpha value is -2.14. The summed E-state index contributed by atoms with van der Waals surface area (Å²) in [7, 11) is 1.37. The third-order valence-corrected chi connectivity index (χ3v) is 3.45. The minimum atomic E-state index is -0.524. The predicted octanol–water partition coefficient (Wildman–Crippen LogP) is 4.05. The molecule has 0 saturated carbocycles. The van der Waals surface area contributed by atoms with E-state index in [1.165, 1.54) is 25.3 Å². The zero-order valence-corrected chi connectivity index (χ0v) is 11.9. The number of benzene rings is 2. The van der Waals surface area contributed by atoms with Crippen LogP contribution in [0.5, 0.6) is 5.75 Å². The Kier molecular flexibility index (Phi) is 3.51. The van der Waals surface area contributed by atoms with Crippen LogP contribution in [0.25, 0.3) is 16.7 Å². The molecule has 0 aliphatic rings. The van der Waals surface area contributed by atoms with Gasteiger partial charge in [0.15, 0.2) is 11.6 Å². The lowest BCUT2D eigenvalue weighted by atomic mass is 10.2. The third-order valence-electron chi connectivity index (χ3n) is 3.21. The van der Waals surface area contributed by atoms with Gasteiger partial charge in [-0.05, 0) is 12.1 Å². The highest BCUT2D eigenvalue weighted by Crippen LogP contribution is 2.29. The van der Waals surface area contributed by atoms with Crippen LogP contribution in [0.3, 0.4) is 0 Å². The number of fused-ring (bicyclic) bond motifs is 1. The summed E-state index contributed by atoms with van der Waals surface area (Å²) in [6.07, 6.45) is 0. The van der Waals surface area contributed by atoms with Crippen LogP contribution in [-0.4, -0.2) is 16.7 Å². The molecule has 3 rings (SSSR count). The van der Waals surface area contributed by atoms with Crippen molar-refractivity contribution in [3.63, 3.8) is 0 Å². The van der Waals surface area contributed by atoms with Crippen molar-refractivity contribution in [3.8, 4) is 11.4 Å². The highest BCUT2D eigenvalue weighted by Gasteiger charge is 2.17. The monoisotopic (exact) mass is 308 g/mol. The van der Waals surface area contributed by atoms with E-state index in [0.29, 0.717) is 22.5 Å². The van der Waals surface area contributed by atoms with E-state index in [0.717, 1.165) is 0 Å². The van der Waals surface area contributed by atoms with Gasteiger partial charge >= 0.3 is 0 Å². The Balaban J connectivity index is 2.37. The van der Waals surface area contributed by atoms with Gasteiger partial charge in [0.25, 0.3) is 0 Å². The Bertz CT molecular complexity index is 817. The molecule has 0 aliphatic heterocycles. The van der Waals surface area contributed by atoms with E-state index in [1.54, 1.807) is 22.8 Å². The summed E-state index contributed by atoms with van der Waals surface area (Å²) >= 11 is 5.89. The molecule has 0 fully saturated rings. The molecule has 108 valence electrons. The molecule has 1 heterocycles. The van der Waals surface area contributed by atoms with E-state index in [4.69, 9.17) is 16.3 Å². The average Bonchev–Trinajstić information content (AvgIpc) is 2.84. The Morgan fingerprint density at radius 3 is 2.62 bits per heavy atom. The molecular formula is C15H11ClF2N2O. The first-order valence-electron chi connectivity index (χ1n) is 6.21. The zero-order chi connectivity index (χ0) is 15.0. The van der Waals surface area contributed by atoms with Gasteiger partial charge in [-0.15, -0.1) is 11.6 Å². The van der Waals surface area contributed by atoms with Crippen LogP contribution in [0.1, 0.15) is 5.82 Å². The van der Waals surface area contributed by atoms with E-state index in [-0.39, 0.29) is 11.6 Å². The summed E-state index contributed by atoms with van der Waals surface area (Å²) < 4.78 is 34.4. The van der Waals surface area contributed by atoms with Gasteiger partial charge in [-0.3, -0.25) is 4.57 Å². The number of nitrogens with zero attached hydrogens (tertiary/aromatic N) is 2. The number of halogens is 3. The molecule has 3 aromatic rings. The first-order chi connectivity index (χ1) is 10.2. The maximum Gasteiger partial charge on any atom is 0.167 e. The van der Waals surface area contributed by atoms with Crippen molar-refractivity contribution >= 4 is 22.6 Å². The second-order valence-electron chi connectivity index (χ2n) is 4.42. The number of methoxy groups -OCH3 is 1. The second-order valence-corrected chi connectivity index (χ2v) is 4.69. The molecule has 6 heteroatoms. The summed E-state index contributed by atoms with van der Waals surface area (Å²) in [6.45, 7) is 0. The Labute approximate surface area is 124 Å². The lowest BCUT2D eigenvalue weighted by Gasteiger charge is -2.09. The fraction of sp³-hybridized carbons (Fsp3) is 0.133. The van der Waals surface area contributed by atoms with E-state index >= 15 is 0 Å². The fourth-order valence-corrected chi connectivity index (χ4v) is 2.46. The van der Waals surface area contributed by atoms with Crippen molar-refractivity contribution in [2.24, 2.45) is 0 Å². The number of para-hydroxylation sites is 1. The Morgan fingerprint density at radius 1 is 1.19 bits per heavy atom. The molecule has 0 radical (unpaired) electrons. The molecular weight excluding hydrogens is 298 g/mol. The molecule has 1 aromatic heterocycles. The number of hydrogen-bond donors (Lipinski definition) is 0. The topological polar surface area (TPSA) is 27.1 Å². The Morgan fingerprint density at radius 2 is 1.95 bits per heavy atom. The average molecular weight is 309 g/mol. The number of ether oxygens (including phenoxy) is 1. The number of alkyl halides is 1. The first kappa shape index (κ1) is 13.8. The van der Waals surface area contributed by atoms with E-state index < -0.39 is 11.6 Å². The molecule has 0 atom stereocenters. The van der Waals surface area contributed by atoms with Gasteiger partial charge in [0.2, 0.25) is 0 Å². The van der Waals surface area contributed by atoms with Gasteiger partial charge in [0, 0.05) is 12.1 Å². The summed E-state index contributed by atoms with van der Waals surface area (Å²) in [5.41, 5.74) is 1.24. The lowest BCUT2D eigenvalue weighted by Crippen LogP contribution is -2.02. The van der Waals surface area contributed by atoms with Gasteiger partial charge in [-0.1, -0.05) is 12.1 Å². The molecule has 0 aliphatic carbocycles. The van der Waals surface area contributed by atoms with Crippen LogP contribution in [0.4, 0.5) is 8.78 Å². The van der Waals surface area contributed by atoms with Crippen LogP contribution in [0.15, 0.2) is 36.4 Å². The number of aromatic nitrogens is 2. The van der Waals surface area contributed by atoms with Crippen molar-refractivity contribution in [1.29, 1.82) is 0 Å². The highest BCUT2D eigenvalue weighted by molar-refractivity contribution is 6.17. The highest BCUT2D eigenvalue weighted by atomic mass is 35.5. The molecule has 3 nitrogen and oxygen atoms in total. The summed E-state index contributed by atoms with van der Waals surface area (Å²) in [5, 5.41) is 0. The molecule has 2 aromatic carbocycles. The maximum absolute atomic E-state index is 14.1. The zero-order valence-electron chi connectivity index (χ0n) is 11.1. The van der Waals surface area contributed by atoms with Crippen LogP contribution in [0, 0.1) is 11.6 Å². The smallest absolute Gasteiger partial charge is 0.167 e. The molecule has 0 unspecified atom stereocenters. The van der Waals surface area contributed by atoms with Crippen molar-refractivity contribution in [2.45, 2.75) is 5.88 Å². The molecule has 0 bridgehead atoms. The van der Waals surface area contributed by atoms with Crippen molar-refractivity contribution in [1.82, 2.24) is 9.55 Å². The van der Waals surface area contributed by atoms with Crippen molar-refractivity contribution in [2.75, 3.05) is 7.11 Å².